The van der Waals surface area contributed by atoms with Gasteiger partial charge in [0.05, 0.1) is 7.11 Å². The molecule has 5 nitrogen and oxygen atoms in total. The molecule has 1 rings (SSSR count). The number of hydrazine groups is 1. The second kappa shape index (κ2) is 5.08. The molecule has 3 N–H and O–H groups in total. The fourth-order valence-corrected chi connectivity index (χ4v) is 1.00. The van der Waals surface area contributed by atoms with E-state index in [4.69, 9.17) is 9.84 Å². The lowest BCUT2D eigenvalue weighted by molar-refractivity contribution is 0.189. The van der Waals surface area contributed by atoms with E-state index in [0.717, 1.165) is 11.3 Å². The van der Waals surface area contributed by atoms with Gasteiger partial charge in [-0.2, -0.15) is 0 Å². The maximum absolute atomic E-state index is 10.1. The fraction of sp³-hybridized carbons (Fsp3) is 0.222. The summed E-state index contributed by atoms with van der Waals surface area (Å²) >= 11 is 0. The van der Waals surface area contributed by atoms with Gasteiger partial charge in [0.25, 0.3) is 0 Å². The van der Waals surface area contributed by atoms with Gasteiger partial charge in [-0.1, -0.05) is 12.1 Å². The Labute approximate surface area is 81.7 Å². The molecule has 14 heavy (non-hydrogen) atoms. The molecule has 0 saturated heterocycles. The molecule has 1 amide bonds. The summed E-state index contributed by atoms with van der Waals surface area (Å²) in [5.74, 6) is 0.750. The van der Waals surface area contributed by atoms with Gasteiger partial charge in [-0.15, -0.1) is 0 Å². The molecule has 76 valence electrons. The highest BCUT2D eigenvalue weighted by atomic mass is 16.5. The highest BCUT2D eigenvalue weighted by molar-refractivity contribution is 5.63. The molecule has 0 aromatic heterocycles. The average molecular weight is 196 g/mol. The molecule has 0 unspecified atom stereocenters. The van der Waals surface area contributed by atoms with E-state index in [2.05, 4.69) is 10.9 Å². The lowest BCUT2D eigenvalue weighted by Gasteiger charge is -2.05. The monoisotopic (exact) mass is 196 g/mol. The van der Waals surface area contributed by atoms with Gasteiger partial charge < -0.3 is 9.84 Å². The Morgan fingerprint density at radius 3 is 3.00 bits per heavy atom. The topological polar surface area (TPSA) is 70.6 Å². The third kappa shape index (κ3) is 3.32. The molecule has 0 radical (unpaired) electrons. The zero-order valence-corrected chi connectivity index (χ0v) is 7.78. The fourth-order valence-electron chi connectivity index (χ4n) is 1.00. The Morgan fingerprint density at radius 1 is 1.57 bits per heavy atom. The van der Waals surface area contributed by atoms with Crippen LogP contribution in [0.4, 0.5) is 4.79 Å². The molecule has 0 aliphatic heterocycles. The number of carbonyl (C=O) groups is 1. The van der Waals surface area contributed by atoms with Crippen molar-refractivity contribution in [1.82, 2.24) is 10.9 Å². The van der Waals surface area contributed by atoms with E-state index in [9.17, 15) is 4.79 Å². The second-order valence-electron chi connectivity index (χ2n) is 2.64. The van der Waals surface area contributed by atoms with Crippen LogP contribution in [0, 0.1) is 0 Å². The Balaban J connectivity index is 2.46. The van der Waals surface area contributed by atoms with Gasteiger partial charge in [0.1, 0.15) is 5.75 Å². The maximum Gasteiger partial charge on any atom is 0.419 e. The number of hydrogen-bond donors (Lipinski definition) is 3. The third-order valence-corrected chi connectivity index (χ3v) is 1.62. The highest BCUT2D eigenvalue weighted by Gasteiger charge is 1.96. The van der Waals surface area contributed by atoms with Crippen molar-refractivity contribution < 1.29 is 14.6 Å². The SMILES string of the molecule is COc1cccc(CNNC(=O)O)c1. The van der Waals surface area contributed by atoms with Crippen molar-refractivity contribution in [3.63, 3.8) is 0 Å². The number of methoxy groups -OCH3 is 1. The van der Waals surface area contributed by atoms with Crippen molar-refractivity contribution in [1.29, 1.82) is 0 Å². The van der Waals surface area contributed by atoms with Crippen LogP contribution in [0.5, 0.6) is 5.75 Å². The lowest BCUT2D eigenvalue weighted by atomic mass is 10.2. The first-order chi connectivity index (χ1) is 6.72. The standard InChI is InChI=1S/C9H12N2O3/c1-14-8-4-2-3-7(5-8)6-10-11-9(12)13/h2-5,10-11H,6H2,1H3,(H,12,13). The van der Waals surface area contributed by atoms with Crippen LogP contribution in [0.25, 0.3) is 0 Å². The van der Waals surface area contributed by atoms with Crippen LogP contribution in [0.1, 0.15) is 5.56 Å². The van der Waals surface area contributed by atoms with Gasteiger partial charge in [0.2, 0.25) is 0 Å². The largest absolute Gasteiger partial charge is 0.497 e. The average Bonchev–Trinajstić information content (AvgIpc) is 2.18. The first-order valence-corrected chi connectivity index (χ1v) is 4.07. The highest BCUT2D eigenvalue weighted by Crippen LogP contribution is 2.11. The van der Waals surface area contributed by atoms with Gasteiger partial charge in [-0.25, -0.2) is 10.2 Å². The molecule has 5 heteroatoms. The summed E-state index contributed by atoms with van der Waals surface area (Å²) in [6.07, 6.45) is -1.10. The smallest absolute Gasteiger partial charge is 0.419 e. The molecule has 0 aliphatic carbocycles. The predicted octanol–water partition coefficient (Wildman–Crippen LogP) is 0.967. The number of nitrogens with one attached hydrogen (secondary N) is 2. The molecular formula is C9H12N2O3. The Hall–Kier alpha value is -1.75. The summed E-state index contributed by atoms with van der Waals surface area (Å²) in [7, 11) is 1.59. The van der Waals surface area contributed by atoms with E-state index in [1.165, 1.54) is 0 Å². The first-order valence-electron chi connectivity index (χ1n) is 4.07. The zero-order valence-electron chi connectivity index (χ0n) is 7.78. The van der Waals surface area contributed by atoms with E-state index in [-0.39, 0.29) is 0 Å². The van der Waals surface area contributed by atoms with E-state index in [0.29, 0.717) is 6.54 Å². The summed E-state index contributed by atoms with van der Waals surface area (Å²) in [4.78, 5) is 10.1. The molecule has 0 bridgehead atoms. The van der Waals surface area contributed by atoms with E-state index >= 15 is 0 Å². The molecule has 0 aliphatic rings. The number of amides is 1. The van der Waals surface area contributed by atoms with Crippen molar-refractivity contribution in [3.8, 4) is 5.75 Å². The summed E-state index contributed by atoms with van der Waals surface area (Å²) in [5, 5.41) is 8.29. The maximum atomic E-state index is 10.1. The summed E-state index contributed by atoms with van der Waals surface area (Å²) in [5.41, 5.74) is 5.55. The zero-order chi connectivity index (χ0) is 10.4. The molecule has 0 spiro atoms. The molecule has 1 aromatic carbocycles. The quantitative estimate of drug-likeness (QED) is 0.627. The van der Waals surface area contributed by atoms with Crippen LogP contribution >= 0.6 is 0 Å². The molecule has 0 fully saturated rings. The number of rotatable bonds is 4. The molecular weight excluding hydrogens is 184 g/mol. The molecule has 1 aromatic rings. The minimum atomic E-state index is -1.10. The second-order valence-corrected chi connectivity index (χ2v) is 2.64. The van der Waals surface area contributed by atoms with Crippen LogP contribution in [0.3, 0.4) is 0 Å². The Kier molecular flexibility index (Phi) is 3.75. The first kappa shape index (κ1) is 10.3. The number of carboxylic acid groups (broad SMARTS) is 1. The predicted molar refractivity (Wildman–Crippen MR) is 51.0 cm³/mol. The molecule has 0 saturated carbocycles. The molecule has 0 atom stereocenters. The summed E-state index contributed by atoms with van der Waals surface area (Å²) in [6.45, 7) is 0.420. The normalized spacial score (nSPS) is 9.50. The van der Waals surface area contributed by atoms with E-state index < -0.39 is 6.09 Å². The lowest BCUT2D eigenvalue weighted by Crippen LogP contribution is -2.35. The van der Waals surface area contributed by atoms with Crippen molar-refractivity contribution >= 4 is 6.09 Å². The number of ether oxygens (including phenoxy) is 1. The van der Waals surface area contributed by atoms with Crippen LogP contribution in [0.2, 0.25) is 0 Å². The number of benzene rings is 1. The van der Waals surface area contributed by atoms with Gasteiger partial charge in [-0.3, -0.25) is 5.43 Å². The van der Waals surface area contributed by atoms with Gasteiger partial charge in [0.15, 0.2) is 0 Å². The van der Waals surface area contributed by atoms with Crippen molar-refractivity contribution in [2.24, 2.45) is 0 Å². The van der Waals surface area contributed by atoms with Crippen LogP contribution in [-0.2, 0) is 6.54 Å². The van der Waals surface area contributed by atoms with Crippen molar-refractivity contribution in [2.75, 3.05) is 7.11 Å². The molecule has 0 heterocycles. The van der Waals surface area contributed by atoms with Gasteiger partial charge in [-0.05, 0) is 17.7 Å². The summed E-state index contributed by atoms with van der Waals surface area (Å²) in [6, 6.07) is 7.38. The van der Waals surface area contributed by atoms with E-state index in [1.807, 2.05) is 24.3 Å². The summed E-state index contributed by atoms with van der Waals surface area (Å²) < 4.78 is 5.02. The van der Waals surface area contributed by atoms with Crippen LogP contribution in [0.15, 0.2) is 24.3 Å². The van der Waals surface area contributed by atoms with Gasteiger partial charge >= 0.3 is 6.09 Å². The van der Waals surface area contributed by atoms with Crippen molar-refractivity contribution in [3.05, 3.63) is 29.8 Å². The Bertz CT molecular complexity index is 315. The minimum Gasteiger partial charge on any atom is -0.497 e. The van der Waals surface area contributed by atoms with Crippen molar-refractivity contribution in [2.45, 2.75) is 6.54 Å². The number of hydrogen-bond acceptors (Lipinski definition) is 3. The van der Waals surface area contributed by atoms with Crippen LogP contribution < -0.4 is 15.6 Å². The van der Waals surface area contributed by atoms with Gasteiger partial charge in [0, 0.05) is 6.54 Å². The van der Waals surface area contributed by atoms with Crippen LogP contribution in [-0.4, -0.2) is 18.3 Å². The third-order valence-electron chi connectivity index (χ3n) is 1.62. The Morgan fingerprint density at radius 2 is 2.36 bits per heavy atom. The minimum absolute atomic E-state index is 0.420. The van der Waals surface area contributed by atoms with E-state index in [1.54, 1.807) is 7.11 Å².